The van der Waals surface area contributed by atoms with Gasteiger partial charge in [0.2, 0.25) is 0 Å². The van der Waals surface area contributed by atoms with Crippen LogP contribution in [0.15, 0.2) is 24.3 Å². The molecule has 0 aromatic heterocycles. The molecule has 1 aromatic rings. The smallest absolute Gasteiger partial charge is 0.0795 e. The van der Waals surface area contributed by atoms with Gasteiger partial charge in [0.1, 0.15) is 0 Å². The predicted octanol–water partition coefficient (Wildman–Crippen LogP) is 2.22. The van der Waals surface area contributed by atoms with Crippen molar-refractivity contribution in [1.82, 2.24) is 0 Å². The van der Waals surface area contributed by atoms with Crippen molar-refractivity contribution >= 4 is 5.69 Å². The van der Waals surface area contributed by atoms with Gasteiger partial charge in [0.05, 0.1) is 6.10 Å². The lowest BCUT2D eigenvalue weighted by Crippen LogP contribution is -2.22. The van der Waals surface area contributed by atoms with Gasteiger partial charge in [0, 0.05) is 31.3 Å². The van der Waals surface area contributed by atoms with Gasteiger partial charge in [-0.15, -0.1) is 0 Å². The number of nitrogens with zero attached hydrogens (tertiary/aromatic N) is 1. The SMILES string of the molecule is Cc1ccc(N2C[C@@H]3CCO[C@@H]3C2)cc1. The lowest BCUT2D eigenvalue weighted by molar-refractivity contribution is 0.114. The van der Waals surface area contributed by atoms with E-state index in [4.69, 9.17) is 4.74 Å². The molecule has 3 rings (SSSR count). The Morgan fingerprint density at radius 2 is 2.00 bits per heavy atom. The molecule has 2 aliphatic heterocycles. The van der Waals surface area contributed by atoms with Crippen LogP contribution in [-0.2, 0) is 4.74 Å². The highest BCUT2D eigenvalue weighted by Crippen LogP contribution is 2.31. The Balaban J connectivity index is 1.76. The summed E-state index contributed by atoms with van der Waals surface area (Å²) in [7, 11) is 0. The summed E-state index contributed by atoms with van der Waals surface area (Å²) in [5, 5.41) is 0. The summed E-state index contributed by atoms with van der Waals surface area (Å²) in [6.45, 7) is 5.35. The Labute approximate surface area is 90.8 Å². The van der Waals surface area contributed by atoms with Crippen molar-refractivity contribution in [1.29, 1.82) is 0 Å². The van der Waals surface area contributed by atoms with Gasteiger partial charge in [-0.2, -0.15) is 0 Å². The second-order valence-corrected chi connectivity index (χ2v) is 4.70. The minimum Gasteiger partial charge on any atom is -0.376 e. The van der Waals surface area contributed by atoms with E-state index in [0.717, 1.165) is 19.1 Å². The molecule has 2 atom stereocenters. The first-order chi connectivity index (χ1) is 7.33. The Hall–Kier alpha value is -1.02. The zero-order valence-electron chi connectivity index (χ0n) is 9.15. The summed E-state index contributed by atoms with van der Waals surface area (Å²) < 4.78 is 5.71. The maximum Gasteiger partial charge on any atom is 0.0795 e. The third-order valence-electron chi connectivity index (χ3n) is 3.60. The maximum atomic E-state index is 5.71. The Bertz CT molecular complexity index is 334. The summed E-state index contributed by atoms with van der Waals surface area (Å²) in [6.07, 6.45) is 1.74. The fraction of sp³-hybridized carbons (Fsp3) is 0.538. The van der Waals surface area contributed by atoms with E-state index in [9.17, 15) is 0 Å². The Kier molecular flexibility index (Phi) is 2.17. The average molecular weight is 203 g/mol. The van der Waals surface area contributed by atoms with Crippen LogP contribution in [0.5, 0.6) is 0 Å². The van der Waals surface area contributed by atoms with E-state index in [-0.39, 0.29) is 0 Å². The van der Waals surface area contributed by atoms with Crippen molar-refractivity contribution in [2.75, 3.05) is 24.6 Å². The number of hydrogen-bond acceptors (Lipinski definition) is 2. The van der Waals surface area contributed by atoms with Crippen LogP contribution in [0.1, 0.15) is 12.0 Å². The van der Waals surface area contributed by atoms with Crippen LogP contribution in [0.2, 0.25) is 0 Å². The molecule has 0 unspecified atom stereocenters. The van der Waals surface area contributed by atoms with Gasteiger partial charge in [-0.1, -0.05) is 17.7 Å². The lowest BCUT2D eigenvalue weighted by Gasteiger charge is -2.19. The molecule has 0 radical (unpaired) electrons. The van der Waals surface area contributed by atoms with E-state index >= 15 is 0 Å². The highest BCUT2D eigenvalue weighted by atomic mass is 16.5. The zero-order valence-corrected chi connectivity index (χ0v) is 9.15. The molecule has 1 aromatic carbocycles. The number of aryl methyl sites for hydroxylation is 1. The number of rotatable bonds is 1. The first-order valence-electron chi connectivity index (χ1n) is 5.76. The Morgan fingerprint density at radius 3 is 2.73 bits per heavy atom. The van der Waals surface area contributed by atoms with Crippen molar-refractivity contribution < 1.29 is 4.74 Å². The van der Waals surface area contributed by atoms with Gasteiger partial charge >= 0.3 is 0 Å². The van der Waals surface area contributed by atoms with Crippen molar-refractivity contribution in [3.8, 4) is 0 Å². The average Bonchev–Trinajstić information content (AvgIpc) is 2.78. The molecule has 0 amide bonds. The van der Waals surface area contributed by atoms with Gasteiger partial charge in [-0.3, -0.25) is 0 Å². The minimum atomic E-state index is 0.492. The van der Waals surface area contributed by atoms with E-state index in [0.29, 0.717) is 6.10 Å². The first-order valence-corrected chi connectivity index (χ1v) is 5.76. The molecular formula is C13H17NO. The van der Waals surface area contributed by atoms with E-state index in [1.165, 1.54) is 24.2 Å². The molecule has 2 heteroatoms. The number of fused-ring (bicyclic) bond motifs is 1. The molecular weight excluding hydrogens is 186 g/mol. The molecule has 2 heterocycles. The van der Waals surface area contributed by atoms with Crippen molar-refractivity contribution in [3.05, 3.63) is 29.8 Å². The molecule has 0 N–H and O–H groups in total. The van der Waals surface area contributed by atoms with Crippen molar-refractivity contribution in [2.45, 2.75) is 19.4 Å². The van der Waals surface area contributed by atoms with Crippen LogP contribution in [0.4, 0.5) is 5.69 Å². The van der Waals surface area contributed by atoms with Gasteiger partial charge in [0.15, 0.2) is 0 Å². The normalized spacial score (nSPS) is 29.5. The molecule has 15 heavy (non-hydrogen) atoms. The van der Waals surface area contributed by atoms with Crippen LogP contribution in [0.3, 0.4) is 0 Å². The van der Waals surface area contributed by atoms with Crippen molar-refractivity contribution in [2.24, 2.45) is 5.92 Å². The topological polar surface area (TPSA) is 12.5 Å². The summed E-state index contributed by atoms with van der Waals surface area (Å²) in [5.41, 5.74) is 2.67. The molecule has 2 fully saturated rings. The molecule has 0 saturated carbocycles. The van der Waals surface area contributed by atoms with Gasteiger partial charge in [-0.25, -0.2) is 0 Å². The van der Waals surface area contributed by atoms with E-state index < -0.39 is 0 Å². The quantitative estimate of drug-likeness (QED) is 0.694. The molecule has 80 valence electrons. The van der Waals surface area contributed by atoms with Gasteiger partial charge in [-0.05, 0) is 25.5 Å². The van der Waals surface area contributed by atoms with E-state index in [2.05, 4.69) is 36.1 Å². The van der Waals surface area contributed by atoms with E-state index in [1.807, 2.05) is 0 Å². The lowest BCUT2D eigenvalue weighted by atomic mass is 10.1. The van der Waals surface area contributed by atoms with Crippen LogP contribution in [-0.4, -0.2) is 25.8 Å². The van der Waals surface area contributed by atoms with Gasteiger partial charge < -0.3 is 9.64 Å². The second kappa shape index (κ2) is 3.53. The fourth-order valence-electron chi connectivity index (χ4n) is 2.64. The molecule has 2 aliphatic rings. The number of anilines is 1. The van der Waals surface area contributed by atoms with Gasteiger partial charge in [0.25, 0.3) is 0 Å². The predicted molar refractivity (Wildman–Crippen MR) is 61.2 cm³/mol. The summed E-state index contributed by atoms with van der Waals surface area (Å²) in [6, 6.07) is 8.81. The standard InChI is InChI=1S/C13H17NO/c1-10-2-4-12(5-3-10)14-8-11-6-7-15-13(11)9-14/h2-5,11,13H,6-9H2,1H3/t11-,13+/m0/s1. The third kappa shape index (κ3) is 1.63. The largest absolute Gasteiger partial charge is 0.376 e. The number of benzene rings is 1. The summed E-state index contributed by atoms with van der Waals surface area (Å²) >= 11 is 0. The highest BCUT2D eigenvalue weighted by molar-refractivity contribution is 5.48. The third-order valence-corrected chi connectivity index (χ3v) is 3.60. The maximum absolute atomic E-state index is 5.71. The number of hydrogen-bond donors (Lipinski definition) is 0. The minimum absolute atomic E-state index is 0.492. The number of ether oxygens (including phenoxy) is 1. The molecule has 0 bridgehead atoms. The summed E-state index contributed by atoms with van der Waals surface area (Å²) in [4.78, 5) is 2.45. The zero-order chi connectivity index (χ0) is 10.3. The second-order valence-electron chi connectivity index (χ2n) is 4.70. The fourth-order valence-corrected chi connectivity index (χ4v) is 2.64. The summed E-state index contributed by atoms with van der Waals surface area (Å²) in [5.74, 6) is 0.770. The molecule has 2 nitrogen and oxygen atoms in total. The Morgan fingerprint density at radius 1 is 1.20 bits per heavy atom. The molecule has 2 saturated heterocycles. The van der Waals surface area contributed by atoms with Crippen molar-refractivity contribution in [3.63, 3.8) is 0 Å². The molecule has 0 aliphatic carbocycles. The van der Waals surface area contributed by atoms with Crippen LogP contribution < -0.4 is 4.90 Å². The highest BCUT2D eigenvalue weighted by Gasteiger charge is 2.37. The van der Waals surface area contributed by atoms with Crippen LogP contribution in [0.25, 0.3) is 0 Å². The first kappa shape index (κ1) is 9.22. The molecule has 0 spiro atoms. The van der Waals surface area contributed by atoms with Crippen LogP contribution in [0, 0.1) is 12.8 Å². The van der Waals surface area contributed by atoms with Crippen LogP contribution >= 0.6 is 0 Å². The monoisotopic (exact) mass is 203 g/mol. The van der Waals surface area contributed by atoms with E-state index in [1.54, 1.807) is 0 Å².